The van der Waals surface area contributed by atoms with E-state index in [4.69, 9.17) is 9.47 Å². The lowest BCUT2D eigenvalue weighted by Gasteiger charge is -2.12. The van der Waals surface area contributed by atoms with Crippen LogP contribution in [0, 0.1) is 6.92 Å². The van der Waals surface area contributed by atoms with Gasteiger partial charge in [0, 0.05) is 6.07 Å². The molecule has 0 bridgehead atoms. The molecule has 0 aliphatic carbocycles. The van der Waals surface area contributed by atoms with Crippen molar-refractivity contribution in [1.82, 2.24) is 9.55 Å². The molecule has 0 aliphatic rings. The van der Waals surface area contributed by atoms with Gasteiger partial charge in [0.2, 0.25) is 5.91 Å². The lowest BCUT2D eigenvalue weighted by molar-refractivity contribution is -0.116. The minimum absolute atomic E-state index is 0.0583. The average Bonchev–Trinajstić information content (AvgIpc) is 3.01. The van der Waals surface area contributed by atoms with Crippen LogP contribution in [0.15, 0.2) is 29.3 Å². The van der Waals surface area contributed by atoms with Crippen LogP contribution in [0.5, 0.6) is 11.5 Å². The molecule has 0 spiro atoms. The van der Waals surface area contributed by atoms with Gasteiger partial charge in [-0.25, -0.2) is 9.78 Å². The summed E-state index contributed by atoms with van der Waals surface area (Å²) in [4.78, 5) is 40.9. The number of carboxylic acids is 1. The summed E-state index contributed by atoms with van der Waals surface area (Å²) in [6, 6.07) is 4.94. The molecule has 146 valence electrons. The second-order valence-corrected chi connectivity index (χ2v) is 6.83. The predicted molar refractivity (Wildman–Crippen MR) is 104 cm³/mol. The number of carboxylic acid groups (broad SMARTS) is 1. The number of fused-ring (bicyclic) bond motifs is 1. The molecule has 2 N–H and O–H groups in total. The molecule has 2 aromatic heterocycles. The Labute approximate surface area is 163 Å². The molecular weight excluding hydrogens is 386 g/mol. The lowest BCUT2D eigenvalue weighted by atomic mass is 10.2. The van der Waals surface area contributed by atoms with Crippen molar-refractivity contribution in [2.24, 2.45) is 0 Å². The van der Waals surface area contributed by atoms with Gasteiger partial charge in [0.05, 0.1) is 31.6 Å². The van der Waals surface area contributed by atoms with Gasteiger partial charge in [-0.15, -0.1) is 11.3 Å². The van der Waals surface area contributed by atoms with Crippen molar-refractivity contribution in [3.63, 3.8) is 0 Å². The first-order chi connectivity index (χ1) is 13.3. The monoisotopic (exact) mass is 403 g/mol. The number of rotatable bonds is 6. The highest BCUT2D eigenvalue weighted by molar-refractivity contribution is 7.20. The van der Waals surface area contributed by atoms with E-state index in [1.165, 1.54) is 20.5 Å². The number of ether oxygens (including phenoxy) is 2. The number of anilines is 1. The first-order valence-electron chi connectivity index (χ1n) is 8.09. The summed E-state index contributed by atoms with van der Waals surface area (Å²) in [6.07, 6.45) is 1.23. The number of carbonyl (C=O) groups excluding carboxylic acids is 1. The number of nitrogens with zero attached hydrogens (tertiary/aromatic N) is 2. The second-order valence-electron chi connectivity index (χ2n) is 5.83. The zero-order chi connectivity index (χ0) is 20.4. The molecule has 0 saturated heterocycles. The first-order valence-corrected chi connectivity index (χ1v) is 8.91. The van der Waals surface area contributed by atoms with Gasteiger partial charge in [0.1, 0.15) is 27.8 Å². The predicted octanol–water partition coefficient (Wildman–Crippen LogP) is 2.12. The average molecular weight is 403 g/mol. The number of aromatic nitrogens is 2. The molecule has 28 heavy (non-hydrogen) atoms. The SMILES string of the molecule is COc1ccc(OC)c(NC(=O)Cn2cnc3sc(C(=O)O)c(C)c3c2=O)c1. The topological polar surface area (TPSA) is 120 Å². The maximum Gasteiger partial charge on any atom is 0.346 e. The van der Waals surface area contributed by atoms with Crippen LogP contribution in [0.3, 0.4) is 0 Å². The zero-order valence-corrected chi connectivity index (χ0v) is 16.1. The van der Waals surface area contributed by atoms with Crippen molar-refractivity contribution in [2.45, 2.75) is 13.5 Å². The standard InChI is InChI=1S/C18H17N3O6S/c1-9-14-16(28-15(9)18(24)25)19-8-21(17(14)23)7-13(22)20-11-6-10(26-2)4-5-12(11)27-3/h4-6,8H,7H2,1-3H3,(H,20,22)(H,24,25). The van der Waals surface area contributed by atoms with E-state index in [1.54, 1.807) is 25.1 Å². The summed E-state index contributed by atoms with van der Waals surface area (Å²) < 4.78 is 11.5. The number of nitrogens with one attached hydrogen (secondary N) is 1. The quantitative estimate of drug-likeness (QED) is 0.647. The molecule has 0 aliphatic heterocycles. The van der Waals surface area contributed by atoms with Gasteiger partial charge < -0.3 is 19.9 Å². The Kier molecular flexibility index (Phi) is 5.32. The van der Waals surface area contributed by atoms with Crippen LogP contribution in [0.25, 0.3) is 10.2 Å². The number of hydrogen-bond donors (Lipinski definition) is 2. The largest absolute Gasteiger partial charge is 0.497 e. The summed E-state index contributed by atoms with van der Waals surface area (Å²) in [5.41, 5.74) is 0.266. The Morgan fingerprint density at radius 3 is 2.68 bits per heavy atom. The van der Waals surface area contributed by atoms with Gasteiger partial charge in [-0.3, -0.25) is 14.2 Å². The molecule has 2 heterocycles. The van der Waals surface area contributed by atoms with Crippen LogP contribution in [-0.4, -0.2) is 40.8 Å². The van der Waals surface area contributed by atoms with E-state index in [-0.39, 0.29) is 16.8 Å². The van der Waals surface area contributed by atoms with E-state index in [0.717, 1.165) is 15.9 Å². The van der Waals surface area contributed by atoms with Gasteiger partial charge >= 0.3 is 5.97 Å². The van der Waals surface area contributed by atoms with E-state index < -0.39 is 17.4 Å². The van der Waals surface area contributed by atoms with Gasteiger partial charge in [-0.05, 0) is 24.6 Å². The number of hydrogen-bond acceptors (Lipinski definition) is 7. The van der Waals surface area contributed by atoms with E-state index >= 15 is 0 Å². The fourth-order valence-electron chi connectivity index (χ4n) is 2.73. The van der Waals surface area contributed by atoms with Crippen LogP contribution >= 0.6 is 11.3 Å². The van der Waals surface area contributed by atoms with Gasteiger partial charge in [0.15, 0.2) is 0 Å². The summed E-state index contributed by atoms with van der Waals surface area (Å²) in [5.74, 6) is -0.614. The number of amides is 1. The van der Waals surface area contributed by atoms with Gasteiger partial charge in [-0.2, -0.15) is 0 Å². The van der Waals surface area contributed by atoms with Crippen molar-refractivity contribution in [1.29, 1.82) is 0 Å². The van der Waals surface area contributed by atoms with Crippen molar-refractivity contribution in [3.8, 4) is 11.5 Å². The third kappa shape index (κ3) is 3.54. The van der Waals surface area contributed by atoms with Gasteiger partial charge in [0.25, 0.3) is 5.56 Å². The van der Waals surface area contributed by atoms with Crippen LogP contribution in [-0.2, 0) is 11.3 Å². The molecule has 1 amide bonds. The molecule has 10 heteroatoms. The fourth-order valence-corrected chi connectivity index (χ4v) is 3.71. The number of aromatic carboxylic acids is 1. The molecule has 3 rings (SSSR count). The van der Waals surface area contributed by atoms with Crippen LogP contribution < -0.4 is 20.3 Å². The zero-order valence-electron chi connectivity index (χ0n) is 15.3. The molecule has 0 radical (unpaired) electrons. The van der Waals surface area contributed by atoms with Crippen molar-refractivity contribution < 1.29 is 24.2 Å². The highest BCUT2D eigenvalue weighted by atomic mass is 32.1. The summed E-state index contributed by atoms with van der Waals surface area (Å²) >= 11 is 0.930. The molecule has 3 aromatic rings. The number of thiophene rings is 1. The maximum absolute atomic E-state index is 12.7. The molecule has 0 unspecified atom stereocenters. The fraction of sp³-hybridized carbons (Fsp3) is 0.222. The Hall–Kier alpha value is -3.40. The molecule has 0 fully saturated rings. The van der Waals surface area contributed by atoms with E-state index in [1.807, 2.05) is 0 Å². The number of aryl methyl sites for hydroxylation is 1. The number of benzene rings is 1. The Balaban J connectivity index is 1.90. The molecular formula is C18H17N3O6S. The normalized spacial score (nSPS) is 10.7. The van der Waals surface area contributed by atoms with E-state index in [2.05, 4.69) is 10.3 Å². The van der Waals surface area contributed by atoms with E-state index in [9.17, 15) is 19.5 Å². The Morgan fingerprint density at radius 2 is 2.04 bits per heavy atom. The molecule has 0 atom stereocenters. The molecule has 1 aromatic carbocycles. The van der Waals surface area contributed by atoms with Crippen molar-refractivity contribution in [2.75, 3.05) is 19.5 Å². The minimum Gasteiger partial charge on any atom is -0.497 e. The summed E-state index contributed by atoms with van der Waals surface area (Å²) in [7, 11) is 2.97. The molecule has 9 nitrogen and oxygen atoms in total. The third-order valence-corrected chi connectivity index (χ3v) is 5.29. The smallest absolute Gasteiger partial charge is 0.346 e. The highest BCUT2D eigenvalue weighted by Gasteiger charge is 2.19. The van der Waals surface area contributed by atoms with Crippen LogP contribution in [0.4, 0.5) is 5.69 Å². The van der Waals surface area contributed by atoms with Gasteiger partial charge in [-0.1, -0.05) is 0 Å². The summed E-state index contributed by atoms with van der Waals surface area (Å²) in [5, 5.41) is 12.1. The van der Waals surface area contributed by atoms with Crippen molar-refractivity contribution in [3.05, 3.63) is 45.3 Å². The molecule has 0 saturated carbocycles. The Bertz CT molecular complexity index is 1130. The number of methoxy groups -OCH3 is 2. The number of carbonyl (C=O) groups is 2. The van der Waals surface area contributed by atoms with Crippen LogP contribution in [0.2, 0.25) is 0 Å². The maximum atomic E-state index is 12.7. The summed E-state index contributed by atoms with van der Waals surface area (Å²) in [6.45, 7) is 1.26. The first kappa shape index (κ1) is 19.4. The third-order valence-electron chi connectivity index (χ3n) is 4.11. The van der Waals surface area contributed by atoms with Crippen molar-refractivity contribution >= 4 is 39.1 Å². The van der Waals surface area contributed by atoms with E-state index in [0.29, 0.717) is 27.6 Å². The Morgan fingerprint density at radius 1 is 1.29 bits per heavy atom. The second kappa shape index (κ2) is 7.69. The van der Waals surface area contributed by atoms with Crippen LogP contribution in [0.1, 0.15) is 15.2 Å². The lowest BCUT2D eigenvalue weighted by Crippen LogP contribution is -2.28. The minimum atomic E-state index is -1.12. The highest BCUT2D eigenvalue weighted by Crippen LogP contribution is 2.29.